The molecule has 0 radical (unpaired) electrons. The molecule has 0 saturated carbocycles. The number of carbonyl (C=O) groups is 1. The zero-order valence-electron chi connectivity index (χ0n) is 16.0. The van der Waals surface area contributed by atoms with Gasteiger partial charge in [0.05, 0.1) is 6.04 Å². The molecule has 6 heteroatoms. The fourth-order valence-corrected chi connectivity index (χ4v) is 3.51. The molecule has 0 aliphatic carbocycles. The van der Waals surface area contributed by atoms with Gasteiger partial charge in [0, 0.05) is 11.6 Å². The average Bonchev–Trinajstić information content (AvgIpc) is 3.10. The first-order valence-electron chi connectivity index (χ1n) is 9.49. The summed E-state index contributed by atoms with van der Waals surface area (Å²) in [6.45, 7) is 6.39. The Hall–Kier alpha value is -1.98. The van der Waals surface area contributed by atoms with Crippen molar-refractivity contribution in [2.45, 2.75) is 39.2 Å². The largest absolute Gasteiger partial charge is 0.484 e. The van der Waals surface area contributed by atoms with Gasteiger partial charge in [0.2, 0.25) is 0 Å². The van der Waals surface area contributed by atoms with Crippen LogP contribution in [0.3, 0.4) is 0 Å². The van der Waals surface area contributed by atoms with Crippen LogP contribution >= 0.6 is 11.6 Å². The van der Waals surface area contributed by atoms with E-state index < -0.39 is 0 Å². The predicted octanol–water partition coefficient (Wildman–Crippen LogP) is 4.27. The second-order valence-corrected chi connectivity index (χ2v) is 7.47. The van der Waals surface area contributed by atoms with Crippen molar-refractivity contribution in [1.82, 2.24) is 10.2 Å². The molecule has 146 valence electrons. The number of ether oxygens (including phenoxy) is 1. The van der Waals surface area contributed by atoms with Crippen LogP contribution in [0.5, 0.6) is 5.75 Å². The van der Waals surface area contributed by atoms with Gasteiger partial charge in [0.15, 0.2) is 6.61 Å². The van der Waals surface area contributed by atoms with Crippen LogP contribution in [0, 0.1) is 13.8 Å². The number of aryl methyl sites for hydroxylation is 2. The quantitative estimate of drug-likeness (QED) is 0.766. The smallest absolute Gasteiger partial charge is 0.258 e. The number of nitrogens with zero attached hydrogens (tertiary/aromatic N) is 1. The fourth-order valence-electron chi connectivity index (χ4n) is 3.39. The molecule has 1 amide bonds. The summed E-state index contributed by atoms with van der Waals surface area (Å²) in [5, 5.41) is 3.68. The normalized spacial score (nSPS) is 16.1. The van der Waals surface area contributed by atoms with Gasteiger partial charge in [-0.1, -0.05) is 18.0 Å². The molecule has 0 bridgehead atoms. The minimum Gasteiger partial charge on any atom is -0.484 e. The number of carbonyl (C=O) groups excluding carboxylic acids is 1. The number of amides is 1. The highest BCUT2D eigenvalue weighted by molar-refractivity contribution is 6.31. The molecule has 1 aromatic carbocycles. The van der Waals surface area contributed by atoms with Crippen LogP contribution in [0.2, 0.25) is 5.02 Å². The first-order valence-corrected chi connectivity index (χ1v) is 9.87. The molecule has 27 heavy (non-hydrogen) atoms. The maximum absolute atomic E-state index is 12.3. The van der Waals surface area contributed by atoms with Gasteiger partial charge in [0.1, 0.15) is 17.3 Å². The van der Waals surface area contributed by atoms with Gasteiger partial charge in [-0.15, -0.1) is 0 Å². The van der Waals surface area contributed by atoms with Crippen LogP contribution in [-0.2, 0) is 4.79 Å². The Balaban J connectivity index is 1.55. The molecule has 0 unspecified atom stereocenters. The average molecular weight is 391 g/mol. The minimum atomic E-state index is -0.145. The topological polar surface area (TPSA) is 54.7 Å². The van der Waals surface area contributed by atoms with Gasteiger partial charge >= 0.3 is 0 Å². The first kappa shape index (κ1) is 19.8. The van der Waals surface area contributed by atoms with Crippen LogP contribution < -0.4 is 10.1 Å². The van der Waals surface area contributed by atoms with Gasteiger partial charge in [-0.3, -0.25) is 9.69 Å². The van der Waals surface area contributed by atoms with Crippen molar-refractivity contribution >= 4 is 17.5 Å². The lowest BCUT2D eigenvalue weighted by Crippen LogP contribution is -2.41. The molecule has 1 atom stereocenters. The molecule has 5 nitrogen and oxygen atoms in total. The van der Waals surface area contributed by atoms with E-state index in [1.165, 1.54) is 19.3 Å². The Labute approximate surface area is 165 Å². The number of nitrogens with one attached hydrogen (secondary N) is 1. The lowest BCUT2D eigenvalue weighted by atomic mass is 10.1. The highest BCUT2D eigenvalue weighted by Gasteiger charge is 2.25. The second kappa shape index (κ2) is 9.29. The van der Waals surface area contributed by atoms with Gasteiger partial charge in [-0.2, -0.15) is 0 Å². The monoisotopic (exact) mass is 390 g/mol. The van der Waals surface area contributed by atoms with Crippen molar-refractivity contribution in [1.29, 1.82) is 0 Å². The second-order valence-electron chi connectivity index (χ2n) is 7.06. The molecule has 1 N–H and O–H groups in total. The number of hydrogen-bond donors (Lipinski definition) is 1. The summed E-state index contributed by atoms with van der Waals surface area (Å²) in [5.74, 6) is 2.29. The SMILES string of the molecule is Cc1ccc([C@H](CNC(=O)COc2ccc(Cl)c(C)c2)N2CCCCC2)o1. The zero-order chi connectivity index (χ0) is 19.2. The number of rotatable bonds is 7. The van der Waals surface area contributed by atoms with E-state index in [1.807, 2.05) is 32.0 Å². The van der Waals surface area contributed by atoms with E-state index in [4.69, 9.17) is 20.8 Å². The molecular weight excluding hydrogens is 364 g/mol. The van der Waals surface area contributed by atoms with Crippen molar-refractivity contribution in [3.63, 3.8) is 0 Å². The lowest BCUT2D eigenvalue weighted by Gasteiger charge is -2.33. The number of piperidine rings is 1. The molecule has 2 heterocycles. The van der Waals surface area contributed by atoms with Crippen LogP contribution in [0.4, 0.5) is 0 Å². The van der Waals surface area contributed by atoms with Crippen molar-refractivity contribution in [2.75, 3.05) is 26.2 Å². The van der Waals surface area contributed by atoms with E-state index in [9.17, 15) is 4.79 Å². The summed E-state index contributed by atoms with van der Waals surface area (Å²) >= 11 is 6.01. The molecule has 3 rings (SSSR count). The van der Waals surface area contributed by atoms with Crippen molar-refractivity contribution < 1.29 is 13.9 Å². The fraction of sp³-hybridized carbons (Fsp3) is 0.476. The number of benzene rings is 1. The van der Waals surface area contributed by atoms with E-state index in [1.54, 1.807) is 12.1 Å². The van der Waals surface area contributed by atoms with Crippen molar-refractivity contribution in [3.8, 4) is 5.75 Å². The highest BCUT2D eigenvalue weighted by Crippen LogP contribution is 2.26. The summed E-state index contributed by atoms with van der Waals surface area (Å²) in [4.78, 5) is 14.7. The number of hydrogen-bond acceptors (Lipinski definition) is 4. The van der Waals surface area contributed by atoms with Gasteiger partial charge < -0.3 is 14.5 Å². The van der Waals surface area contributed by atoms with Gasteiger partial charge in [-0.25, -0.2) is 0 Å². The standard InChI is InChI=1S/C21H27ClN2O3/c1-15-12-17(7-8-18(15)22)26-14-21(25)23-13-19(20-9-6-16(2)27-20)24-10-4-3-5-11-24/h6-9,12,19H,3-5,10-11,13-14H2,1-2H3,(H,23,25)/t19-/m0/s1. The van der Waals surface area contributed by atoms with Gasteiger partial charge in [-0.05, 0) is 75.7 Å². The van der Waals surface area contributed by atoms with Crippen LogP contribution in [-0.4, -0.2) is 37.0 Å². The van der Waals surface area contributed by atoms with Crippen LogP contribution in [0.25, 0.3) is 0 Å². The molecule has 1 aromatic heterocycles. The van der Waals surface area contributed by atoms with Crippen molar-refractivity contribution in [2.24, 2.45) is 0 Å². The Morgan fingerprint density at radius 2 is 2.00 bits per heavy atom. The maximum atomic E-state index is 12.3. The highest BCUT2D eigenvalue weighted by atomic mass is 35.5. The Morgan fingerprint density at radius 3 is 2.67 bits per heavy atom. The Morgan fingerprint density at radius 1 is 1.22 bits per heavy atom. The van der Waals surface area contributed by atoms with Crippen LogP contribution in [0.1, 0.15) is 42.4 Å². The minimum absolute atomic E-state index is 0.0228. The number of likely N-dealkylation sites (tertiary alicyclic amines) is 1. The third kappa shape index (κ3) is 5.50. The number of furan rings is 1. The third-order valence-corrected chi connectivity index (χ3v) is 5.34. The molecular formula is C21H27ClN2O3. The summed E-state index contributed by atoms with van der Waals surface area (Å²) in [5.41, 5.74) is 0.924. The lowest BCUT2D eigenvalue weighted by molar-refractivity contribution is -0.123. The molecule has 1 fully saturated rings. The number of halogens is 1. The summed E-state index contributed by atoms with van der Waals surface area (Å²) < 4.78 is 11.4. The molecule has 1 aliphatic rings. The maximum Gasteiger partial charge on any atom is 0.258 e. The molecule has 0 spiro atoms. The van der Waals surface area contributed by atoms with E-state index in [2.05, 4.69) is 10.2 Å². The third-order valence-electron chi connectivity index (χ3n) is 4.91. The summed E-state index contributed by atoms with van der Waals surface area (Å²) in [6.07, 6.45) is 3.63. The summed E-state index contributed by atoms with van der Waals surface area (Å²) in [6, 6.07) is 9.41. The molecule has 1 aliphatic heterocycles. The van der Waals surface area contributed by atoms with Crippen LogP contribution in [0.15, 0.2) is 34.7 Å². The first-order chi connectivity index (χ1) is 13.0. The zero-order valence-corrected chi connectivity index (χ0v) is 16.7. The summed E-state index contributed by atoms with van der Waals surface area (Å²) in [7, 11) is 0. The van der Waals surface area contributed by atoms with E-state index in [0.29, 0.717) is 17.3 Å². The van der Waals surface area contributed by atoms with Crippen molar-refractivity contribution in [3.05, 3.63) is 52.4 Å². The van der Waals surface area contributed by atoms with E-state index in [0.717, 1.165) is 30.2 Å². The Kier molecular flexibility index (Phi) is 6.80. The Bertz CT molecular complexity index is 769. The molecule has 2 aromatic rings. The van der Waals surface area contributed by atoms with E-state index >= 15 is 0 Å². The predicted molar refractivity (Wildman–Crippen MR) is 106 cm³/mol. The van der Waals surface area contributed by atoms with E-state index in [-0.39, 0.29) is 18.6 Å². The molecule has 1 saturated heterocycles. The van der Waals surface area contributed by atoms with Gasteiger partial charge in [0.25, 0.3) is 5.91 Å².